The molecule has 5 nitrogen and oxygen atoms in total. The number of benzene rings is 1. The van der Waals surface area contributed by atoms with Gasteiger partial charge in [-0.1, -0.05) is 23.4 Å². The van der Waals surface area contributed by atoms with Crippen LogP contribution < -0.4 is 4.74 Å². The van der Waals surface area contributed by atoms with Crippen molar-refractivity contribution in [3.63, 3.8) is 0 Å². The van der Waals surface area contributed by atoms with Gasteiger partial charge in [0.1, 0.15) is 5.75 Å². The molecule has 18 heavy (non-hydrogen) atoms. The smallest absolute Gasteiger partial charge is 0.229 e. The fourth-order valence-electron chi connectivity index (χ4n) is 1.74. The van der Waals surface area contributed by atoms with Crippen LogP contribution in [0.5, 0.6) is 5.75 Å². The Morgan fingerprint density at radius 1 is 1.33 bits per heavy atom. The molecule has 3 rings (SSSR count). The summed E-state index contributed by atoms with van der Waals surface area (Å²) in [4.78, 5) is 4.28. The van der Waals surface area contributed by atoms with Gasteiger partial charge in [-0.3, -0.25) is 0 Å². The second kappa shape index (κ2) is 4.78. The van der Waals surface area contributed by atoms with Crippen molar-refractivity contribution in [2.75, 3.05) is 0 Å². The molecule has 0 amide bonds. The molecule has 0 radical (unpaired) electrons. The molecule has 2 aromatic rings. The summed E-state index contributed by atoms with van der Waals surface area (Å²) in [5.41, 5.74) is 0.753. The van der Waals surface area contributed by atoms with Crippen LogP contribution in [0.15, 0.2) is 28.8 Å². The molecule has 1 fully saturated rings. The van der Waals surface area contributed by atoms with E-state index < -0.39 is 0 Å². The van der Waals surface area contributed by atoms with Gasteiger partial charge in [-0.2, -0.15) is 4.98 Å². The van der Waals surface area contributed by atoms with E-state index in [9.17, 15) is 5.11 Å². The van der Waals surface area contributed by atoms with Crippen molar-refractivity contribution in [2.24, 2.45) is 0 Å². The van der Waals surface area contributed by atoms with Gasteiger partial charge in [-0.15, -0.1) is 0 Å². The van der Waals surface area contributed by atoms with Crippen LogP contribution in [0.3, 0.4) is 0 Å². The molecular weight excluding hydrogens is 232 g/mol. The fourth-order valence-corrected chi connectivity index (χ4v) is 1.74. The first-order valence-electron chi connectivity index (χ1n) is 6.01. The van der Waals surface area contributed by atoms with Crippen LogP contribution in [0.2, 0.25) is 0 Å². The third-order valence-corrected chi connectivity index (χ3v) is 2.91. The second-order valence-corrected chi connectivity index (χ2v) is 4.38. The molecule has 1 aromatic heterocycles. The van der Waals surface area contributed by atoms with Gasteiger partial charge in [-0.05, 0) is 18.9 Å². The SMILES string of the molecule is OCc1ccccc1OCc1noc(C2CC2)n1. The summed E-state index contributed by atoms with van der Waals surface area (Å²) >= 11 is 0. The number of aliphatic hydroxyl groups is 1. The Morgan fingerprint density at radius 2 is 2.17 bits per heavy atom. The van der Waals surface area contributed by atoms with E-state index in [1.54, 1.807) is 0 Å². The highest BCUT2D eigenvalue weighted by Gasteiger charge is 2.29. The minimum atomic E-state index is -0.0459. The van der Waals surface area contributed by atoms with E-state index in [2.05, 4.69) is 10.1 Å². The first-order chi connectivity index (χ1) is 8.86. The predicted molar refractivity (Wildman–Crippen MR) is 63.0 cm³/mol. The largest absolute Gasteiger partial charge is 0.485 e. The van der Waals surface area contributed by atoms with Crippen LogP contribution >= 0.6 is 0 Å². The first kappa shape index (κ1) is 11.2. The van der Waals surface area contributed by atoms with Crippen molar-refractivity contribution in [3.8, 4) is 5.75 Å². The Morgan fingerprint density at radius 3 is 2.94 bits per heavy atom. The topological polar surface area (TPSA) is 68.4 Å². The predicted octanol–water partition coefficient (Wildman–Crippen LogP) is 2.02. The molecule has 1 N–H and O–H groups in total. The molecule has 94 valence electrons. The maximum absolute atomic E-state index is 9.17. The zero-order valence-corrected chi connectivity index (χ0v) is 9.87. The molecule has 0 spiro atoms. The van der Waals surface area contributed by atoms with E-state index in [-0.39, 0.29) is 13.2 Å². The molecule has 1 saturated carbocycles. The molecule has 0 aliphatic heterocycles. The Balaban J connectivity index is 1.65. The zero-order chi connectivity index (χ0) is 12.4. The monoisotopic (exact) mass is 246 g/mol. The molecule has 0 atom stereocenters. The number of para-hydroxylation sites is 1. The van der Waals surface area contributed by atoms with Crippen molar-refractivity contribution >= 4 is 0 Å². The van der Waals surface area contributed by atoms with Crippen molar-refractivity contribution in [2.45, 2.75) is 32.0 Å². The van der Waals surface area contributed by atoms with Crippen LogP contribution in [0.1, 0.15) is 36.0 Å². The van der Waals surface area contributed by atoms with Crippen molar-refractivity contribution in [1.82, 2.24) is 10.1 Å². The third kappa shape index (κ3) is 2.36. The summed E-state index contributed by atoms with van der Waals surface area (Å²) in [7, 11) is 0. The minimum absolute atomic E-state index is 0.0459. The van der Waals surface area contributed by atoms with E-state index in [0.717, 1.165) is 18.4 Å². The normalized spacial score (nSPS) is 14.7. The molecule has 1 aromatic carbocycles. The van der Waals surface area contributed by atoms with Gasteiger partial charge < -0.3 is 14.4 Å². The Hall–Kier alpha value is -1.88. The summed E-state index contributed by atoms with van der Waals surface area (Å²) in [6.07, 6.45) is 2.27. The van der Waals surface area contributed by atoms with Gasteiger partial charge in [0.2, 0.25) is 11.7 Å². The van der Waals surface area contributed by atoms with E-state index in [4.69, 9.17) is 9.26 Å². The summed E-state index contributed by atoms with van der Waals surface area (Å²) < 4.78 is 10.7. The molecule has 0 bridgehead atoms. The summed E-state index contributed by atoms with van der Waals surface area (Å²) in [6, 6.07) is 7.35. The van der Waals surface area contributed by atoms with E-state index in [0.29, 0.717) is 23.4 Å². The molecule has 0 unspecified atom stereocenters. The lowest BCUT2D eigenvalue weighted by molar-refractivity contribution is 0.253. The van der Waals surface area contributed by atoms with Crippen LogP contribution in [0.25, 0.3) is 0 Å². The Labute approximate surface area is 104 Å². The van der Waals surface area contributed by atoms with E-state index in [1.807, 2.05) is 24.3 Å². The number of rotatable bonds is 5. The molecule has 1 aliphatic carbocycles. The van der Waals surface area contributed by atoms with Crippen LogP contribution in [0, 0.1) is 0 Å². The Bertz CT molecular complexity index is 535. The Kier molecular flexibility index (Phi) is 2.98. The van der Waals surface area contributed by atoms with Crippen molar-refractivity contribution in [1.29, 1.82) is 0 Å². The number of hydrogen-bond donors (Lipinski definition) is 1. The van der Waals surface area contributed by atoms with Crippen molar-refractivity contribution < 1.29 is 14.4 Å². The molecule has 1 aliphatic rings. The molecule has 5 heteroatoms. The van der Waals surface area contributed by atoms with Crippen molar-refractivity contribution in [3.05, 3.63) is 41.5 Å². The highest BCUT2D eigenvalue weighted by atomic mass is 16.5. The van der Waals surface area contributed by atoms with Gasteiger partial charge in [0.25, 0.3) is 0 Å². The number of nitrogens with zero attached hydrogens (tertiary/aromatic N) is 2. The van der Waals surface area contributed by atoms with Gasteiger partial charge in [0.05, 0.1) is 6.61 Å². The minimum Gasteiger partial charge on any atom is -0.485 e. The maximum atomic E-state index is 9.17. The van der Waals surface area contributed by atoms with Crippen LogP contribution in [0.4, 0.5) is 0 Å². The molecule has 0 saturated heterocycles. The van der Waals surface area contributed by atoms with Crippen LogP contribution in [-0.2, 0) is 13.2 Å². The maximum Gasteiger partial charge on any atom is 0.229 e. The van der Waals surface area contributed by atoms with Gasteiger partial charge in [0, 0.05) is 11.5 Å². The quantitative estimate of drug-likeness (QED) is 0.874. The lowest BCUT2D eigenvalue weighted by Crippen LogP contribution is -2.00. The molecule has 1 heterocycles. The summed E-state index contributed by atoms with van der Waals surface area (Å²) in [5, 5.41) is 13.0. The number of hydrogen-bond acceptors (Lipinski definition) is 5. The summed E-state index contributed by atoms with van der Waals surface area (Å²) in [6.45, 7) is 0.211. The lowest BCUT2D eigenvalue weighted by Gasteiger charge is -2.07. The average Bonchev–Trinajstić information content (AvgIpc) is 3.16. The van der Waals surface area contributed by atoms with Gasteiger partial charge in [0.15, 0.2) is 6.61 Å². The fraction of sp³-hybridized carbons (Fsp3) is 0.385. The molecular formula is C13H14N2O3. The first-order valence-corrected chi connectivity index (χ1v) is 6.01. The third-order valence-electron chi connectivity index (χ3n) is 2.91. The van der Waals surface area contributed by atoms with E-state index in [1.165, 1.54) is 0 Å². The highest BCUT2D eigenvalue weighted by Crippen LogP contribution is 2.38. The lowest BCUT2D eigenvalue weighted by atomic mass is 10.2. The highest BCUT2D eigenvalue weighted by molar-refractivity contribution is 5.32. The van der Waals surface area contributed by atoms with Crippen LogP contribution in [-0.4, -0.2) is 15.2 Å². The number of ether oxygens (including phenoxy) is 1. The number of aliphatic hydroxyl groups excluding tert-OH is 1. The number of aromatic nitrogens is 2. The standard InChI is InChI=1S/C13H14N2O3/c16-7-10-3-1-2-4-11(10)17-8-12-14-13(18-15-12)9-5-6-9/h1-4,9,16H,5-8H2. The van der Waals surface area contributed by atoms with E-state index >= 15 is 0 Å². The van der Waals surface area contributed by atoms with Gasteiger partial charge >= 0.3 is 0 Å². The van der Waals surface area contributed by atoms with Gasteiger partial charge in [-0.25, -0.2) is 0 Å². The zero-order valence-electron chi connectivity index (χ0n) is 9.87. The summed E-state index contributed by atoms with van der Waals surface area (Å²) in [5.74, 6) is 2.36. The average molecular weight is 246 g/mol. The second-order valence-electron chi connectivity index (χ2n) is 4.38.